The summed E-state index contributed by atoms with van der Waals surface area (Å²) >= 11 is 0. The summed E-state index contributed by atoms with van der Waals surface area (Å²) in [4.78, 5) is 6.43. The number of aromatic nitrogens is 1. The molecule has 5 heteroatoms. The first-order chi connectivity index (χ1) is 8.74. The minimum Gasteiger partial charge on any atom is -0.409 e. The molecule has 1 aromatic heterocycles. The molecule has 0 amide bonds. The molecule has 1 aromatic rings. The van der Waals surface area contributed by atoms with Gasteiger partial charge in [0, 0.05) is 25.0 Å². The van der Waals surface area contributed by atoms with Gasteiger partial charge in [0.05, 0.1) is 0 Å². The van der Waals surface area contributed by atoms with E-state index in [2.05, 4.69) is 22.0 Å². The number of hydrogen-bond donors (Lipinski definition) is 2. The van der Waals surface area contributed by atoms with Gasteiger partial charge in [-0.05, 0) is 30.9 Å². The Bertz CT molecular complexity index is 425. The first kappa shape index (κ1) is 12.7. The van der Waals surface area contributed by atoms with E-state index in [4.69, 9.17) is 10.9 Å². The van der Waals surface area contributed by atoms with E-state index in [-0.39, 0.29) is 5.84 Å². The number of pyridine rings is 1. The largest absolute Gasteiger partial charge is 0.409 e. The summed E-state index contributed by atoms with van der Waals surface area (Å²) in [5.41, 5.74) is 7.17. The van der Waals surface area contributed by atoms with Crippen molar-refractivity contribution in [3.63, 3.8) is 0 Å². The van der Waals surface area contributed by atoms with Gasteiger partial charge in [0.1, 0.15) is 5.69 Å². The molecule has 1 aliphatic rings. The zero-order valence-corrected chi connectivity index (χ0v) is 10.7. The Morgan fingerprint density at radius 3 is 2.89 bits per heavy atom. The van der Waals surface area contributed by atoms with Crippen LogP contribution in [0.2, 0.25) is 0 Å². The van der Waals surface area contributed by atoms with Gasteiger partial charge >= 0.3 is 0 Å². The lowest BCUT2D eigenvalue weighted by Gasteiger charge is -2.33. The van der Waals surface area contributed by atoms with Crippen LogP contribution in [0.25, 0.3) is 0 Å². The molecule has 2 rings (SSSR count). The van der Waals surface area contributed by atoms with Gasteiger partial charge in [0.15, 0.2) is 5.84 Å². The number of nitrogens with zero attached hydrogens (tertiary/aromatic N) is 3. The van der Waals surface area contributed by atoms with Gasteiger partial charge in [-0.3, -0.25) is 4.98 Å². The number of piperidine rings is 1. The van der Waals surface area contributed by atoms with E-state index >= 15 is 0 Å². The van der Waals surface area contributed by atoms with Gasteiger partial charge in [0.25, 0.3) is 0 Å². The normalized spacial score (nSPS) is 18.1. The Balaban J connectivity index is 2.10. The van der Waals surface area contributed by atoms with Gasteiger partial charge in [-0.2, -0.15) is 0 Å². The predicted octanol–water partition coefficient (Wildman–Crippen LogP) is 1.80. The Kier molecular flexibility index (Phi) is 4.02. The fourth-order valence-electron chi connectivity index (χ4n) is 2.41. The van der Waals surface area contributed by atoms with Crippen LogP contribution < -0.4 is 10.6 Å². The van der Waals surface area contributed by atoms with E-state index in [0.29, 0.717) is 5.69 Å². The van der Waals surface area contributed by atoms with Crippen molar-refractivity contribution in [3.05, 3.63) is 24.0 Å². The second-order valence-electron chi connectivity index (χ2n) is 4.72. The van der Waals surface area contributed by atoms with Crippen LogP contribution in [-0.4, -0.2) is 29.1 Å². The second-order valence-corrected chi connectivity index (χ2v) is 4.72. The van der Waals surface area contributed by atoms with Crippen molar-refractivity contribution >= 4 is 11.5 Å². The van der Waals surface area contributed by atoms with Gasteiger partial charge < -0.3 is 15.8 Å². The molecule has 0 saturated carbocycles. The van der Waals surface area contributed by atoms with Crippen molar-refractivity contribution in [1.82, 2.24) is 4.98 Å². The summed E-state index contributed by atoms with van der Waals surface area (Å²) in [7, 11) is 0. The van der Waals surface area contributed by atoms with E-state index in [9.17, 15) is 0 Å². The van der Waals surface area contributed by atoms with Crippen LogP contribution in [0.15, 0.2) is 23.5 Å². The summed E-state index contributed by atoms with van der Waals surface area (Å²) in [5.74, 6) is 0.909. The highest BCUT2D eigenvalue weighted by Crippen LogP contribution is 2.24. The van der Waals surface area contributed by atoms with Crippen LogP contribution in [0, 0.1) is 5.92 Å². The molecule has 1 fully saturated rings. The first-order valence-electron chi connectivity index (χ1n) is 6.43. The van der Waals surface area contributed by atoms with Crippen molar-refractivity contribution in [2.24, 2.45) is 16.8 Å². The van der Waals surface area contributed by atoms with Gasteiger partial charge in [-0.25, -0.2) is 0 Å². The number of amidine groups is 1. The Morgan fingerprint density at radius 2 is 2.28 bits per heavy atom. The minimum absolute atomic E-state index is 0.0558. The van der Waals surface area contributed by atoms with Crippen LogP contribution in [0.4, 0.5) is 5.69 Å². The first-order valence-corrected chi connectivity index (χ1v) is 6.43. The third-order valence-electron chi connectivity index (χ3n) is 3.67. The van der Waals surface area contributed by atoms with Gasteiger partial charge in [0.2, 0.25) is 0 Å². The molecule has 0 radical (unpaired) electrons. The molecule has 1 aliphatic heterocycles. The molecule has 1 saturated heterocycles. The van der Waals surface area contributed by atoms with Crippen molar-refractivity contribution < 1.29 is 5.21 Å². The van der Waals surface area contributed by atoms with Gasteiger partial charge in [-0.15, -0.1) is 0 Å². The summed E-state index contributed by atoms with van der Waals surface area (Å²) < 4.78 is 0. The molecule has 0 aliphatic carbocycles. The van der Waals surface area contributed by atoms with E-state index in [1.165, 1.54) is 19.3 Å². The summed E-state index contributed by atoms with van der Waals surface area (Å²) in [6.07, 6.45) is 5.43. The van der Waals surface area contributed by atoms with Crippen LogP contribution in [0.1, 0.15) is 31.9 Å². The monoisotopic (exact) mass is 248 g/mol. The van der Waals surface area contributed by atoms with Crippen LogP contribution in [0.3, 0.4) is 0 Å². The second kappa shape index (κ2) is 5.71. The van der Waals surface area contributed by atoms with E-state index in [0.717, 1.165) is 24.7 Å². The van der Waals surface area contributed by atoms with Crippen LogP contribution >= 0.6 is 0 Å². The molecule has 0 aromatic carbocycles. The van der Waals surface area contributed by atoms with Gasteiger partial charge in [-0.1, -0.05) is 18.5 Å². The topological polar surface area (TPSA) is 74.7 Å². The molecule has 3 N–H and O–H groups in total. The predicted molar refractivity (Wildman–Crippen MR) is 72.0 cm³/mol. The smallest absolute Gasteiger partial charge is 0.188 e. The molecule has 0 bridgehead atoms. The van der Waals surface area contributed by atoms with Crippen molar-refractivity contribution in [2.45, 2.75) is 26.2 Å². The average molecular weight is 248 g/mol. The number of anilines is 1. The van der Waals surface area contributed by atoms with Crippen molar-refractivity contribution in [3.8, 4) is 0 Å². The molecule has 5 nitrogen and oxygen atoms in total. The Labute approximate surface area is 107 Å². The lowest BCUT2D eigenvalue weighted by molar-refractivity contribution is 0.318. The zero-order valence-electron chi connectivity index (χ0n) is 10.7. The average Bonchev–Trinajstić information content (AvgIpc) is 2.46. The Hall–Kier alpha value is -1.78. The maximum atomic E-state index is 8.67. The Morgan fingerprint density at radius 1 is 1.56 bits per heavy atom. The molecule has 18 heavy (non-hydrogen) atoms. The minimum atomic E-state index is 0.0558. The SMILES string of the molecule is CCC1CCN(c2ccnc(/C(N)=N/O)c2)CC1. The number of nitrogens with two attached hydrogens (primary N) is 1. The molecule has 2 heterocycles. The number of oxime groups is 1. The van der Waals surface area contributed by atoms with Crippen LogP contribution in [0.5, 0.6) is 0 Å². The van der Waals surface area contributed by atoms with E-state index < -0.39 is 0 Å². The maximum Gasteiger partial charge on any atom is 0.188 e. The molecule has 0 atom stereocenters. The summed E-state index contributed by atoms with van der Waals surface area (Å²) in [5, 5.41) is 11.6. The third-order valence-corrected chi connectivity index (χ3v) is 3.67. The molecule has 0 unspecified atom stereocenters. The zero-order chi connectivity index (χ0) is 13.0. The number of rotatable bonds is 3. The highest BCUT2D eigenvalue weighted by atomic mass is 16.4. The summed E-state index contributed by atoms with van der Waals surface area (Å²) in [6.45, 7) is 4.39. The molecule has 0 spiro atoms. The highest BCUT2D eigenvalue weighted by Gasteiger charge is 2.18. The van der Waals surface area contributed by atoms with E-state index in [1.54, 1.807) is 6.20 Å². The number of hydrogen-bond acceptors (Lipinski definition) is 4. The van der Waals surface area contributed by atoms with Crippen LogP contribution in [-0.2, 0) is 0 Å². The lowest BCUT2D eigenvalue weighted by atomic mass is 9.94. The van der Waals surface area contributed by atoms with E-state index in [1.807, 2.05) is 12.1 Å². The summed E-state index contributed by atoms with van der Waals surface area (Å²) in [6, 6.07) is 3.85. The lowest BCUT2D eigenvalue weighted by Crippen LogP contribution is -2.33. The molecular formula is C13H20N4O. The standard InChI is InChI=1S/C13H20N4O/c1-2-10-4-7-17(8-5-10)11-3-6-15-12(9-11)13(14)16-18/h3,6,9-10,18H,2,4-5,7-8H2,1H3,(H2,14,16). The maximum absolute atomic E-state index is 8.67. The highest BCUT2D eigenvalue weighted by molar-refractivity contribution is 5.95. The fraction of sp³-hybridized carbons (Fsp3) is 0.538. The molecule has 98 valence electrons. The van der Waals surface area contributed by atoms with Crippen molar-refractivity contribution in [1.29, 1.82) is 0 Å². The van der Waals surface area contributed by atoms with Crippen molar-refractivity contribution in [2.75, 3.05) is 18.0 Å². The fourth-order valence-corrected chi connectivity index (χ4v) is 2.41. The third kappa shape index (κ3) is 2.72. The molecular weight excluding hydrogens is 228 g/mol. The quantitative estimate of drug-likeness (QED) is 0.370.